The molecule has 14 nitrogen and oxygen atoms in total. The SMILES string of the molecule is COC(=O)N[C@H](C(=O)N1CCC[C@H]1C1=NC=C(c2ccc3c(c2)Oc2ccc(-c4cnc([C@@H]5CCCN5C(=O)[C@@H](NC(=O)OC)C(C)C)[nH]4)cc2CC3)C1)C(C)C. The molecule has 0 unspecified atom stereocenters. The van der Waals surface area contributed by atoms with Crippen molar-refractivity contribution in [1.82, 2.24) is 30.4 Å². The van der Waals surface area contributed by atoms with Crippen molar-refractivity contribution in [2.75, 3.05) is 27.3 Å². The highest BCUT2D eigenvalue weighted by atomic mass is 16.5. The number of carbonyl (C=O) groups excluding carboxylic acids is 4. The van der Waals surface area contributed by atoms with E-state index >= 15 is 0 Å². The molecule has 2 aromatic carbocycles. The molecule has 4 atom stereocenters. The van der Waals surface area contributed by atoms with Crippen LogP contribution in [0.4, 0.5) is 9.59 Å². The van der Waals surface area contributed by atoms with Crippen LogP contribution in [-0.2, 0) is 31.9 Å². The molecule has 1 aromatic heterocycles. The lowest BCUT2D eigenvalue weighted by molar-refractivity contribution is -0.135. The van der Waals surface area contributed by atoms with Gasteiger partial charge in [-0.15, -0.1) is 0 Å². The quantitative estimate of drug-likeness (QED) is 0.208. The molecule has 0 aliphatic carbocycles. The van der Waals surface area contributed by atoms with Crippen LogP contribution in [0, 0.1) is 11.8 Å². The van der Waals surface area contributed by atoms with Gasteiger partial charge >= 0.3 is 12.2 Å². The van der Waals surface area contributed by atoms with Crippen LogP contribution in [0.1, 0.15) is 88.4 Å². The molecule has 4 amide bonds. The summed E-state index contributed by atoms with van der Waals surface area (Å²) in [6.45, 7) is 8.85. The maximum absolute atomic E-state index is 13.7. The number of likely N-dealkylation sites (tertiary alicyclic amines) is 2. The second kappa shape index (κ2) is 16.8. The van der Waals surface area contributed by atoms with E-state index in [4.69, 9.17) is 24.2 Å². The summed E-state index contributed by atoms with van der Waals surface area (Å²) in [4.78, 5) is 68.0. The molecule has 0 saturated carbocycles. The maximum atomic E-state index is 13.7. The van der Waals surface area contributed by atoms with E-state index < -0.39 is 24.3 Å². The van der Waals surface area contributed by atoms with Gasteiger partial charge in [0.05, 0.1) is 38.2 Å². The first-order valence-electron chi connectivity index (χ1n) is 20.0. The van der Waals surface area contributed by atoms with Crippen molar-refractivity contribution in [3.8, 4) is 22.8 Å². The Hall–Kier alpha value is -5.66. The molecule has 0 bridgehead atoms. The van der Waals surface area contributed by atoms with Gasteiger partial charge in [0.1, 0.15) is 29.4 Å². The number of amides is 4. The van der Waals surface area contributed by atoms with E-state index in [-0.39, 0.29) is 35.7 Å². The zero-order chi connectivity index (χ0) is 40.4. The number of alkyl carbamates (subject to hydrolysis) is 2. The van der Waals surface area contributed by atoms with Crippen molar-refractivity contribution in [2.24, 2.45) is 16.8 Å². The van der Waals surface area contributed by atoms with E-state index in [1.54, 1.807) is 0 Å². The number of nitrogens with zero attached hydrogens (tertiary/aromatic N) is 4. The zero-order valence-corrected chi connectivity index (χ0v) is 33.6. The number of nitrogens with one attached hydrogen (secondary N) is 3. The lowest BCUT2D eigenvalue weighted by atomic mass is 9.95. The number of benzene rings is 2. The molecule has 57 heavy (non-hydrogen) atoms. The number of hydrogen-bond donors (Lipinski definition) is 3. The minimum Gasteiger partial charge on any atom is -0.457 e. The largest absolute Gasteiger partial charge is 0.457 e. The Kier molecular flexibility index (Phi) is 11.7. The molecule has 5 heterocycles. The maximum Gasteiger partial charge on any atom is 0.407 e. The second-order valence-electron chi connectivity index (χ2n) is 16.0. The highest BCUT2D eigenvalue weighted by molar-refractivity contribution is 6.04. The lowest BCUT2D eigenvalue weighted by Crippen LogP contribution is -2.53. The zero-order valence-electron chi connectivity index (χ0n) is 33.6. The van der Waals surface area contributed by atoms with Gasteiger partial charge in [0, 0.05) is 37.0 Å². The predicted molar refractivity (Wildman–Crippen MR) is 215 cm³/mol. The van der Waals surface area contributed by atoms with E-state index in [1.165, 1.54) is 14.2 Å². The van der Waals surface area contributed by atoms with Gasteiger partial charge in [0.25, 0.3) is 0 Å². The van der Waals surface area contributed by atoms with Crippen molar-refractivity contribution in [3.63, 3.8) is 0 Å². The number of carbonyl (C=O) groups is 4. The number of hydrogen-bond acceptors (Lipinski definition) is 9. The molecule has 3 aromatic rings. The number of aryl methyl sites for hydroxylation is 2. The summed E-state index contributed by atoms with van der Waals surface area (Å²) in [6.07, 6.45) is 8.05. The number of H-pyrrole nitrogens is 1. The summed E-state index contributed by atoms with van der Waals surface area (Å²) in [5.74, 6) is 1.88. The molecular formula is C43H53N7O7. The molecule has 4 aliphatic heterocycles. The molecule has 3 N–H and O–H groups in total. The standard InChI is InChI=1S/C43H53N7O7/c1-24(2)37(47-42(53)55-5)40(51)49-17-7-9-33(49)31-20-30(22-44-31)27-13-11-26-12-14-29-19-28(15-16-35(29)57-36(26)21-27)32-23-45-39(46-32)34-10-8-18-50(34)41(52)38(25(3)4)48-43(54)56-6/h11,13,15-16,19,21-25,33-34,37-38H,7-10,12,14,17-18,20H2,1-6H3,(H,45,46)(H,47,53)(H,48,54)/t33-,34-,37-,38-/m0/s1. The molecule has 2 saturated heterocycles. The molecule has 7 rings (SSSR count). The van der Waals surface area contributed by atoms with Crippen LogP contribution in [0.25, 0.3) is 16.8 Å². The number of methoxy groups -OCH3 is 2. The van der Waals surface area contributed by atoms with Crippen molar-refractivity contribution >= 4 is 35.3 Å². The third-order valence-corrected chi connectivity index (χ3v) is 11.6. The third-order valence-electron chi connectivity index (χ3n) is 11.6. The first kappa shape index (κ1) is 39.6. The summed E-state index contributed by atoms with van der Waals surface area (Å²) in [7, 11) is 2.59. The Bertz CT molecular complexity index is 2090. The van der Waals surface area contributed by atoms with Gasteiger partial charge < -0.3 is 39.6 Å². The van der Waals surface area contributed by atoms with Crippen LogP contribution in [0.3, 0.4) is 0 Å². The van der Waals surface area contributed by atoms with Crippen LogP contribution in [0.15, 0.2) is 53.8 Å². The normalized spacial score (nSPS) is 19.9. The minimum atomic E-state index is -0.694. The monoisotopic (exact) mass is 779 g/mol. The average Bonchev–Trinajstić information content (AvgIpc) is 4.04. The fourth-order valence-corrected chi connectivity index (χ4v) is 8.41. The molecular weight excluding hydrogens is 727 g/mol. The van der Waals surface area contributed by atoms with E-state index in [2.05, 4.69) is 39.9 Å². The van der Waals surface area contributed by atoms with Crippen LogP contribution < -0.4 is 15.4 Å². The predicted octanol–water partition coefficient (Wildman–Crippen LogP) is 6.57. The van der Waals surface area contributed by atoms with Crippen molar-refractivity contribution in [3.05, 3.63) is 71.3 Å². The van der Waals surface area contributed by atoms with Gasteiger partial charge in [-0.05, 0) is 96.9 Å². The van der Waals surface area contributed by atoms with E-state index in [0.29, 0.717) is 19.5 Å². The van der Waals surface area contributed by atoms with Crippen LogP contribution in [-0.4, -0.2) is 94.9 Å². The van der Waals surface area contributed by atoms with Gasteiger partial charge in [-0.1, -0.05) is 39.8 Å². The molecule has 0 spiro atoms. The molecule has 0 radical (unpaired) electrons. The highest BCUT2D eigenvalue weighted by Crippen LogP contribution is 2.40. The van der Waals surface area contributed by atoms with Gasteiger partial charge in [0.15, 0.2) is 0 Å². The first-order chi connectivity index (χ1) is 27.4. The molecule has 302 valence electrons. The molecule has 14 heteroatoms. The Balaban J connectivity index is 1.02. The van der Waals surface area contributed by atoms with Crippen LogP contribution in [0.2, 0.25) is 0 Å². The van der Waals surface area contributed by atoms with E-state index in [0.717, 1.165) is 95.1 Å². The molecule has 2 fully saturated rings. The number of aromatic nitrogens is 2. The number of aliphatic imine (C=N–C) groups is 1. The summed E-state index contributed by atoms with van der Waals surface area (Å²) in [6, 6.07) is 10.8. The topological polar surface area (TPSA) is 168 Å². The van der Waals surface area contributed by atoms with Crippen molar-refractivity contribution in [2.45, 2.75) is 96.8 Å². The summed E-state index contributed by atoms with van der Waals surface area (Å²) in [5, 5.41) is 5.43. The fraction of sp³-hybridized carbons (Fsp3) is 0.488. The third kappa shape index (κ3) is 8.26. The van der Waals surface area contributed by atoms with Crippen LogP contribution >= 0.6 is 0 Å². The summed E-state index contributed by atoms with van der Waals surface area (Å²) < 4.78 is 16.1. The Morgan fingerprint density at radius 2 is 1.40 bits per heavy atom. The fourth-order valence-electron chi connectivity index (χ4n) is 8.41. The Morgan fingerprint density at radius 3 is 2.05 bits per heavy atom. The number of rotatable bonds is 10. The van der Waals surface area contributed by atoms with Gasteiger partial charge in [-0.3, -0.25) is 14.6 Å². The smallest absolute Gasteiger partial charge is 0.407 e. The lowest BCUT2D eigenvalue weighted by Gasteiger charge is -2.31. The number of aromatic amines is 1. The van der Waals surface area contributed by atoms with Gasteiger partial charge in [0.2, 0.25) is 11.8 Å². The van der Waals surface area contributed by atoms with E-state index in [9.17, 15) is 19.2 Å². The van der Waals surface area contributed by atoms with Gasteiger partial charge in [-0.25, -0.2) is 14.6 Å². The molecule has 4 aliphatic rings. The first-order valence-corrected chi connectivity index (χ1v) is 20.0. The number of allylic oxidation sites excluding steroid dienone is 1. The highest BCUT2D eigenvalue weighted by Gasteiger charge is 2.39. The van der Waals surface area contributed by atoms with Gasteiger partial charge in [-0.2, -0.15) is 0 Å². The van der Waals surface area contributed by atoms with E-state index in [1.807, 2.05) is 62.0 Å². The van der Waals surface area contributed by atoms with Crippen molar-refractivity contribution in [1.29, 1.82) is 0 Å². The number of imidazole rings is 1. The Morgan fingerprint density at radius 1 is 0.789 bits per heavy atom. The minimum absolute atomic E-state index is 0.0961. The van der Waals surface area contributed by atoms with Crippen molar-refractivity contribution < 1.29 is 33.4 Å². The number of fused-ring (bicyclic) bond motifs is 2. The Labute approximate surface area is 333 Å². The number of ether oxygens (including phenoxy) is 3. The van der Waals surface area contributed by atoms with Crippen LogP contribution in [0.5, 0.6) is 11.5 Å². The second-order valence-corrected chi connectivity index (χ2v) is 16.0. The summed E-state index contributed by atoms with van der Waals surface area (Å²) >= 11 is 0. The average molecular weight is 780 g/mol. The summed E-state index contributed by atoms with van der Waals surface area (Å²) in [5.41, 5.74) is 7.10.